The number of piperidine rings is 1. The lowest BCUT2D eigenvalue weighted by Crippen LogP contribution is -2.42. The van der Waals surface area contributed by atoms with Gasteiger partial charge in [0, 0.05) is 6.04 Å². The maximum absolute atomic E-state index is 2.81. The fourth-order valence-electron chi connectivity index (χ4n) is 3.55. The van der Waals surface area contributed by atoms with E-state index in [4.69, 9.17) is 0 Å². The lowest BCUT2D eigenvalue weighted by atomic mass is 9.88. The minimum atomic E-state index is 0.959. The van der Waals surface area contributed by atoms with Crippen LogP contribution in [-0.4, -0.2) is 24.0 Å². The third kappa shape index (κ3) is 3.48. The molecule has 94 valence electrons. The molecule has 0 bridgehead atoms. The molecule has 1 saturated heterocycles. The Morgan fingerprint density at radius 2 is 1.62 bits per heavy atom. The average Bonchev–Trinajstić information content (AvgIpc) is 2.38. The molecular formula is C15H29N. The Kier molecular flexibility index (Phi) is 5.15. The zero-order chi connectivity index (χ0) is 11.2. The number of hydrogen-bond donors (Lipinski definition) is 0. The van der Waals surface area contributed by atoms with Crippen molar-refractivity contribution < 1.29 is 0 Å². The minimum absolute atomic E-state index is 0.959. The molecule has 0 aromatic heterocycles. The van der Waals surface area contributed by atoms with Crippen molar-refractivity contribution in [2.24, 2.45) is 5.92 Å². The van der Waals surface area contributed by atoms with E-state index in [1.54, 1.807) is 0 Å². The molecule has 2 aliphatic rings. The summed E-state index contributed by atoms with van der Waals surface area (Å²) in [6.45, 7) is 5.12. The maximum atomic E-state index is 2.81. The average molecular weight is 223 g/mol. The van der Waals surface area contributed by atoms with E-state index < -0.39 is 0 Å². The third-order valence-corrected chi connectivity index (χ3v) is 4.71. The predicted octanol–water partition coefficient (Wildman–Crippen LogP) is 4.22. The molecule has 1 aliphatic heterocycles. The van der Waals surface area contributed by atoms with Gasteiger partial charge in [-0.05, 0) is 44.7 Å². The smallest absolute Gasteiger partial charge is 0.00952 e. The Hall–Kier alpha value is -0.0400. The molecular weight excluding hydrogens is 194 g/mol. The van der Waals surface area contributed by atoms with Crippen molar-refractivity contribution in [3.63, 3.8) is 0 Å². The molecule has 2 rings (SSSR count). The van der Waals surface area contributed by atoms with Crippen LogP contribution in [0.1, 0.15) is 71.1 Å². The number of unbranched alkanes of at least 4 members (excludes halogenated alkanes) is 1. The highest BCUT2D eigenvalue weighted by molar-refractivity contribution is 4.80. The Bertz CT molecular complexity index is 176. The predicted molar refractivity (Wildman–Crippen MR) is 70.7 cm³/mol. The van der Waals surface area contributed by atoms with Gasteiger partial charge in [-0.3, -0.25) is 0 Å². The first-order chi connectivity index (χ1) is 7.90. The van der Waals surface area contributed by atoms with Crippen molar-refractivity contribution in [3.05, 3.63) is 0 Å². The van der Waals surface area contributed by atoms with E-state index in [1.807, 2.05) is 0 Å². The van der Waals surface area contributed by atoms with Gasteiger partial charge in [-0.25, -0.2) is 0 Å². The zero-order valence-electron chi connectivity index (χ0n) is 11.1. The molecule has 0 aromatic carbocycles. The van der Waals surface area contributed by atoms with E-state index in [2.05, 4.69) is 11.8 Å². The zero-order valence-corrected chi connectivity index (χ0v) is 11.1. The molecule has 0 spiro atoms. The van der Waals surface area contributed by atoms with Crippen molar-refractivity contribution in [3.8, 4) is 0 Å². The highest BCUT2D eigenvalue weighted by Gasteiger charge is 2.25. The van der Waals surface area contributed by atoms with Crippen molar-refractivity contribution in [2.45, 2.75) is 77.2 Å². The molecule has 1 aliphatic carbocycles. The van der Waals surface area contributed by atoms with Gasteiger partial charge in [0.05, 0.1) is 0 Å². The van der Waals surface area contributed by atoms with Gasteiger partial charge in [0.1, 0.15) is 0 Å². The molecule has 0 aromatic rings. The molecule has 0 N–H and O–H groups in total. The SMILES string of the molecule is CCCCC1CCN(C2CCCCC2)CC1. The van der Waals surface area contributed by atoms with E-state index in [0.717, 1.165) is 12.0 Å². The van der Waals surface area contributed by atoms with Gasteiger partial charge in [0.2, 0.25) is 0 Å². The highest BCUT2D eigenvalue weighted by atomic mass is 15.2. The normalized spacial score (nSPS) is 26.1. The van der Waals surface area contributed by atoms with E-state index >= 15 is 0 Å². The molecule has 1 heteroatoms. The first-order valence-corrected chi connectivity index (χ1v) is 7.64. The molecule has 1 heterocycles. The van der Waals surface area contributed by atoms with Crippen LogP contribution in [-0.2, 0) is 0 Å². The lowest BCUT2D eigenvalue weighted by Gasteiger charge is -2.39. The minimum Gasteiger partial charge on any atom is -0.300 e. The van der Waals surface area contributed by atoms with E-state index in [1.165, 1.54) is 77.3 Å². The third-order valence-electron chi connectivity index (χ3n) is 4.71. The number of hydrogen-bond acceptors (Lipinski definition) is 1. The van der Waals surface area contributed by atoms with Gasteiger partial charge >= 0.3 is 0 Å². The molecule has 0 unspecified atom stereocenters. The van der Waals surface area contributed by atoms with Crippen LogP contribution in [0, 0.1) is 5.92 Å². The summed E-state index contributed by atoms with van der Waals surface area (Å²) in [6.07, 6.45) is 14.7. The second-order valence-electron chi connectivity index (χ2n) is 5.91. The van der Waals surface area contributed by atoms with Crippen molar-refractivity contribution in [2.75, 3.05) is 13.1 Å². The molecule has 1 saturated carbocycles. The number of nitrogens with zero attached hydrogens (tertiary/aromatic N) is 1. The van der Waals surface area contributed by atoms with Crippen LogP contribution in [0.5, 0.6) is 0 Å². The number of rotatable bonds is 4. The van der Waals surface area contributed by atoms with Crippen LogP contribution >= 0.6 is 0 Å². The monoisotopic (exact) mass is 223 g/mol. The van der Waals surface area contributed by atoms with Crippen LogP contribution in [0.3, 0.4) is 0 Å². The molecule has 0 amide bonds. The summed E-state index contributed by atoms with van der Waals surface area (Å²) in [6, 6.07) is 0.959. The molecule has 0 atom stereocenters. The molecule has 2 fully saturated rings. The standard InChI is InChI=1S/C15H29N/c1-2-3-7-14-10-12-16(13-11-14)15-8-5-4-6-9-15/h14-15H,2-13H2,1H3. The summed E-state index contributed by atoms with van der Waals surface area (Å²) in [5, 5.41) is 0. The van der Waals surface area contributed by atoms with E-state index in [9.17, 15) is 0 Å². The van der Waals surface area contributed by atoms with Crippen molar-refractivity contribution in [1.29, 1.82) is 0 Å². The van der Waals surface area contributed by atoms with Gasteiger partial charge < -0.3 is 4.90 Å². The van der Waals surface area contributed by atoms with Crippen LogP contribution in [0.25, 0.3) is 0 Å². The second-order valence-corrected chi connectivity index (χ2v) is 5.91. The second kappa shape index (κ2) is 6.64. The summed E-state index contributed by atoms with van der Waals surface area (Å²) in [4.78, 5) is 2.81. The lowest BCUT2D eigenvalue weighted by molar-refractivity contribution is 0.104. The van der Waals surface area contributed by atoms with Crippen LogP contribution < -0.4 is 0 Å². The Morgan fingerprint density at radius 3 is 2.25 bits per heavy atom. The van der Waals surface area contributed by atoms with E-state index in [-0.39, 0.29) is 0 Å². The van der Waals surface area contributed by atoms with Crippen LogP contribution in [0.15, 0.2) is 0 Å². The fraction of sp³-hybridized carbons (Fsp3) is 1.00. The fourth-order valence-corrected chi connectivity index (χ4v) is 3.55. The van der Waals surface area contributed by atoms with Crippen LogP contribution in [0.2, 0.25) is 0 Å². The van der Waals surface area contributed by atoms with Crippen molar-refractivity contribution in [1.82, 2.24) is 4.90 Å². The van der Waals surface area contributed by atoms with E-state index in [0.29, 0.717) is 0 Å². The Morgan fingerprint density at radius 1 is 0.938 bits per heavy atom. The summed E-state index contributed by atoms with van der Waals surface area (Å²) in [5.74, 6) is 1.06. The van der Waals surface area contributed by atoms with Gasteiger partial charge in [0.15, 0.2) is 0 Å². The highest BCUT2D eigenvalue weighted by Crippen LogP contribution is 2.28. The maximum Gasteiger partial charge on any atom is 0.00952 e. The topological polar surface area (TPSA) is 3.24 Å². The van der Waals surface area contributed by atoms with Crippen LogP contribution in [0.4, 0.5) is 0 Å². The van der Waals surface area contributed by atoms with Gasteiger partial charge in [-0.15, -0.1) is 0 Å². The summed E-state index contributed by atoms with van der Waals surface area (Å²) in [7, 11) is 0. The number of likely N-dealkylation sites (tertiary alicyclic amines) is 1. The largest absolute Gasteiger partial charge is 0.300 e. The molecule has 0 radical (unpaired) electrons. The van der Waals surface area contributed by atoms with Gasteiger partial charge in [0.25, 0.3) is 0 Å². The van der Waals surface area contributed by atoms with Gasteiger partial charge in [-0.1, -0.05) is 45.4 Å². The molecule has 16 heavy (non-hydrogen) atoms. The Balaban J connectivity index is 1.67. The summed E-state index contributed by atoms with van der Waals surface area (Å²) < 4.78 is 0. The first kappa shape index (κ1) is 12.4. The molecule has 1 nitrogen and oxygen atoms in total. The summed E-state index contributed by atoms with van der Waals surface area (Å²) in [5.41, 5.74) is 0. The quantitative estimate of drug-likeness (QED) is 0.689. The Labute approximate surface area is 102 Å². The summed E-state index contributed by atoms with van der Waals surface area (Å²) >= 11 is 0. The van der Waals surface area contributed by atoms with Gasteiger partial charge in [-0.2, -0.15) is 0 Å². The first-order valence-electron chi connectivity index (χ1n) is 7.64. The van der Waals surface area contributed by atoms with Crippen molar-refractivity contribution >= 4 is 0 Å².